The van der Waals surface area contributed by atoms with Crippen LogP contribution in [0.15, 0.2) is 48.5 Å². The van der Waals surface area contributed by atoms with Gasteiger partial charge in [0.2, 0.25) is 0 Å². The lowest BCUT2D eigenvalue weighted by atomic mass is 10.0. The number of nitrogens with one attached hydrogen (secondary N) is 1. The monoisotopic (exact) mass is 337 g/mol. The van der Waals surface area contributed by atoms with Gasteiger partial charge in [0, 0.05) is 11.7 Å². The molecule has 2 aliphatic rings. The highest BCUT2D eigenvalue weighted by Gasteiger charge is 2.41. The van der Waals surface area contributed by atoms with E-state index in [9.17, 15) is 9.59 Å². The Morgan fingerprint density at radius 2 is 1.88 bits per heavy atom. The molecule has 1 fully saturated rings. The number of hydrogen-bond donors (Lipinski definition) is 2. The molecule has 128 valence electrons. The van der Waals surface area contributed by atoms with Crippen LogP contribution in [-0.2, 0) is 4.79 Å². The van der Waals surface area contributed by atoms with Crippen molar-refractivity contribution in [3.05, 3.63) is 59.7 Å². The van der Waals surface area contributed by atoms with Crippen molar-refractivity contribution in [2.45, 2.75) is 25.0 Å². The first-order valence-corrected chi connectivity index (χ1v) is 8.33. The average Bonchev–Trinajstić information content (AvgIpc) is 3.45. The van der Waals surface area contributed by atoms with Crippen LogP contribution in [0.2, 0.25) is 0 Å². The number of carbonyl (C=O) groups is 2. The number of nitrogens with zero attached hydrogens (tertiary/aromatic N) is 1. The van der Waals surface area contributed by atoms with Crippen molar-refractivity contribution in [1.82, 2.24) is 4.90 Å². The van der Waals surface area contributed by atoms with Crippen LogP contribution in [0.25, 0.3) is 0 Å². The molecule has 6 heteroatoms. The summed E-state index contributed by atoms with van der Waals surface area (Å²) in [5.41, 5.74) is 7.63. The third-order valence-corrected chi connectivity index (χ3v) is 4.48. The van der Waals surface area contributed by atoms with Gasteiger partial charge in [0.15, 0.2) is 6.61 Å². The molecule has 0 aromatic heterocycles. The van der Waals surface area contributed by atoms with Crippen molar-refractivity contribution in [1.29, 1.82) is 0 Å². The molecule has 0 spiro atoms. The molecule has 0 saturated heterocycles. The van der Waals surface area contributed by atoms with Crippen molar-refractivity contribution in [3.63, 3.8) is 0 Å². The van der Waals surface area contributed by atoms with Crippen LogP contribution in [0.5, 0.6) is 5.75 Å². The van der Waals surface area contributed by atoms with Gasteiger partial charge in [-0.1, -0.05) is 24.3 Å². The van der Waals surface area contributed by atoms with Gasteiger partial charge >= 0.3 is 0 Å². The summed E-state index contributed by atoms with van der Waals surface area (Å²) in [6.45, 7) is -0.152. The SMILES string of the molecule is NC(=O)COc1ccc([C@H]2Nc3ccccc3C(=O)N2C2CC2)cc1. The predicted octanol–water partition coefficient (Wildman–Crippen LogP) is 2.28. The van der Waals surface area contributed by atoms with Crippen LogP contribution < -0.4 is 15.8 Å². The van der Waals surface area contributed by atoms with Gasteiger partial charge in [-0.3, -0.25) is 9.59 Å². The molecule has 1 atom stereocenters. The molecular weight excluding hydrogens is 318 g/mol. The minimum Gasteiger partial charge on any atom is -0.484 e. The van der Waals surface area contributed by atoms with Crippen LogP contribution in [0, 0.1) is 0 Å². The highest BCUT2D eigenvalue weighted by molar-refractivity contribution is 6.02. The quantitative estimate of drug-likeness (QED) is 0.876. The zero-order valence-corrected chi connectivity index (χ0v) is 13.6. The summed E-state index contributed by atoms with van der Waals surface area (Å²) in [7, 11) is 0. The zero-order valence-electron chi connectivity index (χ0n) is 13.6. The van der Waals surface area contributed by atoms with Crippen molar-refractivity contribution in [2.24, 2.45) is 5.73 Å². The van der Waals surface area contributed by atoms with Crippen LogP contribution in [-0.4, -0.2) is 29.4 Å². The van der Waals surface area contributed by atoms with E-state index in [0.29, 0.717) is 11.3 Å². The van der Waals surface area contributed by atoms with E-state index in [1.54, 1.807) is 12.1 Å². The maximum atomic E-state index is 12.9. The second kappa shape index (κ2) is 6.12. The third kappa shape index (κ3) is 3.03. The highest BCUT2D eigenvalue weighted by atomic mass is 16.5. The summed E-state index contributed by atoms with van der Waals surface area (Å²) < 4.78 is 5.30. The number of carbonyl (C=O) groups excluding carboxylic acids is 2. The fourth-order valence-corrected chi connectivity index (χ4v) is 3.14. The third-order valence-electron chi connectivity index (χ3n) is 4.48. The maximum Gasteiger partial charge on any atom is 0.258 e. The van der Waals surface area contributed by atoms with E-state index in [2.05, 4.69) is 5.32 Å². The van der Waals surface area contributed by atoms with Crippen molar-refractivity contribution in [3.8, 4) is 5.75 Å². The van der Waals surface area contributed by atoms with Crippen LogP contribution in [0.1, 0.15) is 34.9 Å². The van der Waals surface area contributed by atoms with Crippen molar-refractivity contribution in [2.75, 3.05) is 11.9 Å². The first kappa shape index (κ1) is 15.5. The molecule has 1 saturated carbocycles. The minimum absolute atomic E-state index is 0.0657. The first-order valence-electron chi connectivity index (χ1n) is 8.33. The number of amides is 2. The van der Waals surface area contributed by atoms with E-state index in [1.807, 2.05) is 41.3 Å². The van der Waals surface area contributed by atoms with Crippen LogP contribution >= 0.6 is 0 Å². The van der Waals surface area contributed by atoms with Gasteiger partial charge in [0.05, 0.1) is 5.56 Å². The van der Waals surface area contributed by atoms with E-state index in [-0.39, 0.29) is 24.7 Å². The molecule has 25 heavy (non-hydrogen) atoms. The molecule has 6 nitrogen and oxygen atoms in total. The van der Waals surface area contributed by atoms with Crippen molar-refractivity contribution < 1.29 is 14.3 Å². The highest BCUT2D eigenvalue weighted by Crippen LogP contribution is 2.40. The maximum absolute atomic E-state index is 12.9. The molecule has 2 aromatic carbocycles. The van der Waals surface area contributed by atoms with Gasteiger partial charge < -0.3 is 20.7 Å². The molecule has 1 aliphatic heterocycles. The molecular formula is C19H19N3O3. The Morgan fingerprint density at radius 1 is 1.16 bits per heavy atom. The van der Waals surface area contributed by atoms with Crippen molar-refractivity contribution >= 4 is 17.5 Å². The number of hydrogen-bond acceptors (Lipinski definition) is 4. The lowest BCUT2D eigenvalue weighted by Crippen LogP contribution is -2.44. The largest absolute Gasteiger partial charge is 0.484 e. The number of nitrogens with two attached hydrogens (primary N) is 1. The number of para-hydroxylation sites is 1. The average molecular weight is 337 g/mol. The Kier molecular flexibility index (Phi) is 3.80. The Balaban J connectivity index is 1.62. The van der Waals surface area contributed by atoms with Gasteiger partial charge in [-0.15, -0.1) is 0 Å². The number of fused-ring (bicyclic) bond motifs is 1. The van der Waals surface area contributed by atoms with E-state index in [1.165, 1.54) is 0 Å². The lowest BCUT2D eigenvalue weighted by Gasteiger charge is -2.38. The normalized spacial score (nSPS) is 19.1. The Labute approximate surface area is 145 Å². The molecule has 3 N–H and O–H groups in total. The number of anilines is 1. The summed E-state index contributed by atoms with van der Waals surface area (Å²) in [6.07, 6.45) is 1.86. The number of benzene rings is 2. The van der Waals surface area contributed by atoms with E-state index in [0.717, 1.165) is 24.1 Å². The Morgan fingerprint density at radius 3 is 2.56 bits per heavy atom. The van der Waals surface area contributed by atoms with Gasteiger partial charge in [0.25, 0.3) is 11.8 Å². The molecule has 0 radical (unpaired) electrons. The van der Waals surface area contributed by atoms with Gasteiger partial charge in [-0.2, -0.15) is 0 Å². The smallest absolute Gasteiger partial charge is 0.258 e. The molecule has 0 unspecified atom stereocenters. The van der Waals surface area contributed by atoms with E-state index >= 15 is 0 Å². The molecule has 2 amide bonds. The minimum atomic E-state index is -0.514. The second-order valence-corrected chi connectivity index (χ2v) is 6.36. The van der Waals surface area contributed by atoms with Gasteiger partial charge in [-0.25, -0.2) is 0 Å². The molecule has 1 aliphatic carbocycles. The number of rotatable bonds is 5. The fraction of sp³-hybridized carbons (Fsp3) is 0.263. The number of primary amides is 1. The molecule has 2 aromatic rings. The predicted molar refractivity (Wildman–Crippen MR) is 93.1 cm³/mol. The van der Waals surface area contributed by atoms with E-state index < -0.39 is 5.91 Å². The standard InChI is InChI=1S/C19H19N3O3/c20-17(23)11-25-14-9-5-12(6-10-14)18-21-16-4-2-1-3-15(16)19(24)22(18)13-7-8-13/h1-6,9-10,13,18,21H,7-8,11H2,(H2,20,23)/t18-/m0/s1. The topological polar surface area (TPSA) is 84.7 Å². The summed E-state index contributed by atoms with van der Waals surface area (Å²) in [6, 6.07) is 15.3. The van der Waals surface area contributed by atoms with E-state index in [4.69, 9.17) is 10.5 Å². The summed E-state index contributed by atoms with van der Waals surface area (Å²) >= 11 is 0. The number of ether oxygens (including phenoxy) is 1. The molecule has 0 bridgehead atoms. The fourth-order valence-electron chi connectivity index (χ4n) is 3.14. The molecule has 1 heterocycles. The first-order chi connectivity index (χ1) is 12.1. The lowest BCUT2D eigenvalue weighted by molar-refractivity contribution is -0.119. The van der Waals surface area contributed by atoms with Crippen LogP contribution in [0.3, 0.4) is 0 Å². The van der Waals surface area contributed by atoms with Gasteiger partial charge in [0.1, 0.15) is 11.9 Å². The Bertz CT molecular complexity index is 815. The summed E-state index contributed by atoms with van der Waals surface area (Å²) in [5.74, 6) is 0.124. The summed E-state index contributed by atoms with van der Waals surface area (Å²) in [4.78, 5) is 25.7. The van der Waals surface area contributed by atoms with Crippen LogP contribution in [0.4, 0.5) is 5.69 Å². The summed E-state index contributed by atoms with van der Waals surface area (Å²) in [5, 5.41) is 3.47. The zero-order chi connectivity index (χ0) is 17.4. The second-order valence-electron chi connectivity index (χ2n) is 6.36. The van der Waals surface area contributed by atoms with Gasteiger partial charge in [-0.05, 0) is 42.7 Å². The Hall–Kier alpha value is -3.02. The molecule has 4 rings (SSSR count).